The minimum Gasteiger partial charge on any atom is -0.394 e. The van der Waals surface area contributed by atoms with E-state index in [2.05, 4.69) is 26.2 Å². The second-order valence-electron chi connectivity index (χ2n) is 8.64. The molecule has 1 rings (SSSR count). The molecule has 35 heavy (non-hydrogen) atoms. The van der Waals surface area contributed by atoms with Gasteiger partial charge in [0.15, 0.2) is 23.3 Å². The van der Waals surface area contributed by atoms with Crippen molar-refractivity contribution in [2.24, 2.45) is 34.2 Å². The lowest BCUT2D eigenvalue weighted by atomic mass is 9.87. The molecule has 0 radical (unpaired) electrons. The Hall–Kier alpha value is -2.66. The summed E-state index contributed by atoms with van der Waals surface area (Å²) >= 11 is 3.31. The van der Waals surface area contributed by atoms with Gasteiger partial charge in [-0.2, -0.15) is 0 Å². The third kappa shape index (κ3) is 10.6. The molecule has 0 saturated carbocycles. The normalized spacial score (nSPS) is 13.5. The summed E-state index contributed by atoms with van der Waals surface area (Å²) in [6.07, 6.45) is 0.102. The smallest absolute Gasteiger partial charge is 0.224 e. The number of carbonyl (C=O) groups excluding carboxylic acids is 4. The van der Waals surface area contributed by atoms with Crippen molar-refractivity contribution in [1.29, 1.82) is 0 Å². The topological polar surface area (TPSA) is 165 Å². The number of carbonyl (C=O) groups is 4. The van der Waals surface area contributed by atoms with Gasteiger partial charge in [-0.15, -0.1) is 0 Å². The summed E-state index contributed by atoms with van der Waals surface area (Å²) < 4.78 is 13.8. The molecule has 0 heterocycles. The Morgan fingerprint density at radius 1 is 1.09 bits per heavy atom. The molecule has 3 atom stereocenters. The molecular formula is C24H34BrFN4O5. The predicted octanol–water partition coefficient (Wildman–Crippen LogP) is 1.94. The first-order valence-electron chi connectivity index (χ1n) is 11.4. The monoisotopic (exact) mass is 556 g/mol. The number of nitrogens with two attached hydrogens (primary N) is 2. The number of nitrogens with zero attached hydrogens (tertiary/aromatic N) is 1. The Bertz CT molecular complexity index is 904. The number of alkyl halides is 1. The van der Waals surface area contributed by atoms with Gasteiger partial charge in [0.25, 0.3) is 0 Å². The number of aliphatic hydroxyl groups excluding tert-OH is 1. The van der Waals surface area contributed by atoms with Crippen LogP contribution in [0, 0.1) is 17.8 Å². The SMILES string of the molecule is CC(C)[C@H](CC(=O)c1ccc(Br)cc1)C(=O)N[C@@H](CO)C(=O)C[C@@H](CCCN=C(N)N)C(=O)CF. The van der Waals surface area contributed by atoms with Gasteiger partial charge in [-0.1, -0.05) is 41.9 Å². The van der Waals surface area contributed by atoms with Gasteiger partial charge in [0, 0.05) is 41.3 Å². The maximum atomic E-state index is 13.0. The van der Waals surface area contributed by atoms with E-state index in [0.29, 0.717) is 12.0 Å². The molecule has 194 valence electrons. The van der Waals surface area contributed by atoms with Gasteiger partial charge in [-0.05, 0) is 30.9 Å². The number of aliphatic imine (C=N–C) groups is 1. The molecule has 0 unspecified atom stereocenters. The first-order chi connectivity index (χ1) is 16.5. The largest absolute Gasteiger partial charge is 0.394 e. The number of halogens is 2. The zero-order valence-corrected chi connectivity index (χ0v) is 21.6. The van der Waals surface area contributed by atoms with E-state index in [1.165, 1.54) is 0 Å². The number of aliphatic hydroxyl groups is 1. The van der Waals surface area contributed by atoms with Gasteiger partial charge in [-0.3, -0.25) is 24.2 Å². The third-order valence-corrected chi connectivity index (χ3v) is 6.17. The number of nitrogens with one attached hydrogen (secondary N) is 1. The molecule has 0 bridgehead atoms. The van der Waals surface area contributed by atoms with Gasteiger partial charge in [0.1, 0.15) is 12.7 Å². The van der Waals surface area contributed by atoms with Crippen LogP contribution in [0.3, 0.4) is 0 Å². The van der Waals surface area contributed by atoms with Gasteiger partial charge in [0.2, 0.25) is 5.91 Å². The van der Waals surface area contributed by atoms with Crippen LogP contribution in [0.5, 0.6) is 0 Å². The van der Waals surface area contributed by atoms with Crippen LogP contribution in [0.15, 0.2) is 33.7 Å². The van der Waals surface area contributed by atoms with Crippen molar-refractivity contribution in [2.75, 3.05) is 19.8 Å². The van der Waals surface area contributed by atoms with E-state index in [1.807, 2.05) is 0 Å². The first-order valence-corrected chi connectivity index (χ1v) is 12.2. The minimum atomic E-state index is -1.28. The average Bonchev–Trinajstić information content (AvgIpc) is 2.81. The molecule has 0 aliphatic heterocycles. The van der Waals surface area contributed by atoms with E-state index in [4.69, 9.17) is 11.5 Å². The average molecular weight is 557 g/mol. The van der Waals surface area contributed by atoms with E-state index in [9.17, 15) is 28.7 Å². The van der Waals surface area contributed by atoms with Crippen LogP contribution in [0.4, 0.5) is 4.39 Å². The zero-order chi connectivity index (χ0) is 26.5. The fourth-order valence-electron chi connectivity index (χ4n) is 3.51. The Balaban J connectivity index is 2.84. The summed E-state index contributed by atoms with van der Waals surface area (Å²) in [5.41, 5.74) is 11.0. The van der Waals surface area contributed by atoms with E-state index < -0.39 is 48.6 Å². The molecule has 1 aromatic rings. The number of Topliss-reactive ketones (excluding diaryl/α,β-unsaturated/α-hetero) is 3. The van der Waals surface area contributed by atoms with Crippen molar-refractivity contribution >= 4 is 45.1 Å². The van der Waals surface area contributed by atoms with Crippen molar-refractivity contribution in [3.63, 3.8) is 0 Å². The van der Waals surface area contributed by atoms with E-state index in [-0.39, 0.29) is 43.5 Å². The molecule has 1 aromatic carbocycles. The lowest BCUT2D eigenvalue weighted by Crippen LogP contribution is -2.47. The molecular weight excluding hydrogens is 523 g/mol. The van der Waals surface area contributed by atoms with Crippen LogP contribution < -0.4 is 16.8 Å². The Morgan fingerprint density at radius 3 is 2.23 bits per heavy atom. The molecule has 1 amide bonds. The number of hydrogen-bond donors (Lipinski definition) is 4. The van der Waals surface area contributed by atoms with Crippen molar-refractivity contribution < 1.29 is 28.7 Å². The Morgan fingerprint density at radius 2 is 1.71 bits per heavy atom. The molecule has 0 aromatic heterocycles. The van der Waals surface area contributed by atoms with Crippen LogP contribution in [-0.4, -0.2) is 60.2 Å². The highest BCUT2D eigenvalue weighted by Gasteiger charge is 2.31. The lowest BCUT2D eigenvalue weighted by molar-refractivity contribution is -0.133. The quantitative estimate of drug-likeness (QED) is 0.104. The molecule has 0 aliphatic rings. The second kappa shape index (κ2) is 15.4. The maximum absolute atomic E-state index is 13.0. The number of amides is 1. The fraction of sp³-hybridized carbons (Fsp3) is 0.542. The molecule has 0 aliphatic carbocycles. The van der Waals surface area contributed by atoms with Crippen LogP contribution in [0.2, 0.25) is 0 Å². The van der Waals surface area contributed by atoms with Gasteiger partial charge in [-0.25, -0.2) is 4.39 Å². The van der Waals surface area contributed by atoms with Crippen LogP contribution in [-0.2, 0) is 14.4 Å². The molecule has 0 spiro atoms. The summed E-state index contributed by atoms with van der Waals surface area (Å²) in [5.74, 6) is -4.13. The van der Waals surface area contributed by atoms with Gasteiger partial charge in [0.05, 0.1) is 6.61 Å². The third-order valence-electron chi connectivity index (χ3n) is 5.64. The standard InChI is InChI=1S/C24H34BrFN4O5/c1-14(2)18(11-20(32)15-5-7-17(25)8-6-15)23(35)30-19(13-31)21(33)10-16(22(34)12-26)4-3-9-29-24(27)28/h5-8,14,16,18-19,31H,3-4,9-13H2,1-2H3,(H,30,35)(H4,27,28,29)/t16-,18+,19+/m1/s1. The van der Waals surface area contributed by atoms with Gasteiger partial charge < -0.3 is 21.9 Å². The number of ketones is 3. The van der Waals surface area contributed by atoms with Crippen LogP contribution in [0.25, 0.3) is 0 Å². The van der Waals surface area contributed by atoms with Crippen molar-refractivity contribution in [3.05, 3.63) is 34.3 Å². The minimum absolute atomic E-state index is 0.0781. The van der Waals surface area contributed by atoms with Crippen molar-refractivity contribution in [3.8, 4) is 0 Å². The van der Waals surface area contributed by atoms with E-state index in [1.54, 1.807) is 38.1 Å². The maximum Gasteiger partial charge on any atom is 0.224 e. The number of guanidine groups is 1. The van der Waals surface area contributed by atoms with Gasteiger partial charge >= 0.3 is 0 Å². The summed E-state index contributed by atoms with van der Waals surface area (Å²) in [5, 5.41) is 12.2. The molecule has 0 saturated heterocycles. The fourth-order valence-corrected chi connectivity index (χ4v) is 3.77. The lowest BCUT2D eigenvalue weighted by Gasteiger charge is -2.24. The Labute approximate surface area is 213 Å². The zero-order valence-electron chi connectivity index (χ0n) is 20.0. The first kappa shape index (κ1) is 30.4. The van der Waals surface area contributed by atoms with Crippen molar-refractivity contribution in [1.82, 2.24) is 5.32 Å². The summed E-state index contributed by atoms with van der Waals surface area (Å²) in [7, 11) is 0. The highest BCUT2D eigenvalue weighted by atomic mass is 79.9. The Kier molecular flexibility index (Phi) is 13.3. The van der Waals surface area contributed by atoms with E-state index in [0.717, 1.165) is 4.47 Å². The highest BCUT2D eigenvalue weighted by Crippen LogP contribution is 2.21. The number of benzene rings is 1. The summed E-state index contributed by atoms with van der Waals surface area (Å²) in [4.78, 5) is 54.1. The summed E-state index contributed by atoms with van der Waals surface area (Å²) in [6, 6.07) is 5.47. The number of rotatable bonds is 16. The highest BCUT2D eigenvalue weighted by molar-refractivity contribution is 9.10. The second-order valence-corrected chi connectivity index (χ2v) is 9.56. The van der Waals surface area contributed by atoms with Crippen LogP contribution in [0.1, 0.15) is 49.9 Å². The van der Waals surface area contributed by atoms with E-state index >= 15 is 0 Å². The van der Waals surface area contributed by atoms with Crippen molar-refractivity contribution in [2.45, 2.75) is 45.6 Å². The molecule has 0 fully saturated rings. The number of hydrogen-bond acceptors (Lipinski definition) is 6. The molecule has 9 nitrogen and oxygen atoms in total. The summed E-state index contributed by atoms with van der Waals surface area (Å²) in [6.45, 7) is 1.85. The molecule has 11 heteroatoms. The van der Waals surface area contributed by atoms with Crippen LogP contribution >= 0.6 is 15.9 Å². The predicted molar refractivity (Wildman–Crippen MR) is 134 cm³/mol. The molecule has 6 N–H and O–H groups in total.